The Labute approximate surface area is 159 Å². The molecule has 0 aliphatic heterocycles. The predicted molar refractivity (Wildman–Crippen MR) is 108 cm³/mol. The van der Waals surface area contributed by atoms with Crippen molar-refractivity contribution < 1.29 is 13.9 Å². The van der Waals surface area contributed by atoms with E-state index in [1.807, 2.05) is 24.3 Å². The topological polar surface area (TPSA) is 77.2 Å². The molecule has 0 saturated heterocycles. The summed E-state index contributed by atoms with van der Waals surface area (Å²) in [6, 6.07) is 19.3. The molecule has 0 radical (unpaired) electrons. The van der Waals surface area contributed by atoms with Gasteiger partial charge in [0.2, 0.25) is 5.71 Å². The Balaban J connectivity index is 1.71. The van der Waals surface area contributed by atoms with Crippen molar-refractivity contribution in [3.63, 3.8) is 0 Å². The molecule has 5 aromatic rings. The second-order valence-corrected chi connectivity index (χ2v) is 6.36. The third kappa shape index (κ3) is 2.54. The van der Waals surface area contributed by atoms with Gasteiger partial charge in [0, 0.05) is 16.5 Å². The molecule has 0 aliphatic carbocycles. The lowest BCUT2D eigenvalue weighted by atomic mass is 10.1. The van der Waals surface area contributed by atoms with E-state index >= 15 is 0 Å². The minimum atomic E-state index is -0.406. The quantitative estimate of drug-likeness (QED) is 0.448. The molecular weight excluding hydrogens is 354 g/mol. The standard InChI is InChI=1S/C22H15N3O3/c1-27-22(26)14-9-10-18-16(11-14)19-20(23-12-24-21(19)28-18)25-17-8-4-6-13-5-2-3-7-15(13)17/h2-12H,1H3,(H,23,24,25). The normalized spacial score (nSPS) is 11.2. The number of carbonyl (C=O) groups excluding carboxylic acids is 1. The summed E-state index contributed by atoms with van der Waals surface area (Å²) < 4.78 is 10.7. The molecule has 0 fully saturated rings. The number of furan rings is 1. The Morgan fingerprint density at radius 3 is 2.75 bits per heavy atom. The highest BCUT2D eigenvalue weighted by Crippen LogP contribution is 2.35. The summed E-state index contributed by atoms with van der Waals surface area (Å²) in [6.45, 7) is 0. The van der Waals surface area contributed by atoms with Crippen LogP contribution in [0, 0.1) is 0 Å². The Hall–Kier alpha value is -3.93. The van der Waals surface area contributed by atoms with Gasteiger partial charge in [-0.15, -0.1) is 0 Å². The summed E-state index contributed by atoms with van der Waals surface area (Å²) in [4.78, 5) is 20.6. The molecule has 0 saturated carbocycles. The Bertz CT molecular complexity index is 1350. The van der Waals surface area contributed by atoms with Crippen molar-refractivity contribution in [2.24, 2.45) is 0 Å². The number of nitrogens with zero attached hydrogens (tertiary/aromatic N) is 2. The van der Waals surface area contributed by atoms with Crippen molar-refractivity contribution in [2.45, 2.75) is 0 Å². The van der Waals surface area contributed by atoms with Gasteiger partial charge in [-0.2, -0.15) is 0 Å². The van der Waals surface area contributed by atoms with Gasteiger partial charge in [-0.05, 0) is 29.7 Å². The lowest BCUT2D eigenvalue weighted by Gasteiger charge is -2.09. The SMILES string of the molecule is COC(=O)c1ccc2oc3ncnc(Nc4cccc5ccccc45)c3c2c1. The lowest BCUT2D eigenvalue weighted by Crippen LogP contribution is -2.00. The summed E-state index contributed by atoms with van der Waals surface area (Å²) in [5.41, 5.74) is 2.45. The fourth-order valence-corrected chi connectivity index (χ4v) is 3.41. The number of methoxy groups -OCH3 is 1. The molecule has 0 atom stereocenters. The zero-order valence-electron chi connectivity index (χ0n) is 15.0. The zero-order valence-corrected chi connectivity index (χ0v) is 15.0. The van der Waals surface area contributed by atoms with E-state index in [1.165, 1.54) is 13.4 Å². The fourth-order valence-electron chi connectivity index (χ4n) is 3.41. The van der Waals surface area contributed by atoms with E-state index < -0.39 is 5.97 Å². The largest absolute Gasteiger partial charge is 0.465 e. The molecule has 0 unspecified atom stereocenters. The van der Waals surface area contributed by atoms with Gasteiger partial charge in [-0.25, -0.2) is 14.8 Å². The summed E-state index contributed by atoms with van der Waals surface area (Å²) in [7, 11) is 1.36. The summed E-state index contributed by atoms with van der Waals surface area (Å²) >= 11 is 0. The monoisotopic (exact) mass is 369 g/mol. The minimum Gasteiger partial charge on any atom is -0.465 e. The highest BCUT2D eigenvalue weighted by Gasteiger charge is 2.16. The molecule has 0 amide bonds. The molecular formula is C22H15N3O3. The van der Waals surface area contributed by atoms with E-state index in [2.05, 4.69) is 33.5 Å². The van der Waals surface area contributed by atoms with Gasteiger partial charge < -0.3 is 14.5 Å². The van der Waals surface area contributed by atoms with Crippen molar-refractivity contribution in [1.82, 2.24) is 9.97 Å². The predicted octanol–water partition coefficient (Wildman–Crippen LogP) is 5.06. The van der Waals surface area contributed by atoms with Gasteiger partial charge >= 0.3 is 5.97 Å². The van der Waals surface area contributed by atoms with Crippen molar-refractivity contribution in [3.05, 3.63) is 72.6 Å². The molecule has 28 heavy (non-hydrogen) atoms. The Morgan fingerprint density at radius 2 is 1.86 bits per heavy atom. The fraction of sp³-hybridized carbons (Fsp3) is 0.0455. The number of nitrogens with one attached hydrogen (secondary N) is 1. The first-order valence-electron chi connectivity index (χ1n) is 8.75. The molecule has 3 aromatic carbocycles. The highest BCUT2D eigenvalue weighted by atomic mass is 16.5. The van der Waals surface area contributed by atoms with E-state index in [-0.39, 0.29) is 0 Å². The maximum absolute atomic E-state index is 11.9. The van der Waals surface area contributed by atoms with Crippen LogP contribution in [0.4, 0.5) is 11.5 Å². The highest BCUT2D eigenvalue weighted by molar-refractivity contribution is 6.12. The van der Waals surface area contributed by atoms with Crippen LogP contribution in [-0.2, 0) is 4.74 Å². The second kappa shape index (κ2) is 6.35. The van der Waals surface area contributed by atoms with Crippen molar-refractivity contribution in [3.8, 4) is 0 Å². The number of hydrogen-bond donors (Lipinski definition) is 1. The number of anilines is 2. The van der Waals surface area contributed by atoms with E-state index in [9.17, 15) is 4.79 Å². The van der Waals surface area contributed by atoms with Crippen LogP contribution in [-0.4, -0.2) is 23.0 Å². The van der Waals surface area contributed by atoms with Crippen LogP contribution >= 0.6 is 0 Å². The van der Waals surface area contributed by atoms with Crippen LogP contribution < -0.4 is 5.32 Å². The van der Waals surface area contributed by atoms with Crippen LogP contribution in [0.25, 0.3) is 32.8 Å². The molecule has 2 heterocycles. The van der Waals surface area contributed by atoms with Crippen molar-refractivity contribution in [1.29, 1.82) is 0 Å². The maximum atomic E-state index is 11.9. The number of benzene rings is 3. The first-order chi connectivity index (χ1) is 13.7. The summed E-state index contributed by atoms with van der Waals surface area (Å²) in [5, 5.41) is 7.08. The summed E-state index contributed by atoms with van der Waals surface area (Å²) in [5.74, 6) is 0.207. The van der Waals surface area contributed by atoms with E-state index in [0.29, 0.717) is 22.7 Å². The van der Waals surface area contributed by atoms with E-state index in [0.717, 1.165) is 27.2 Å². The average molecular weight is 369 g/mol. The molecule has 5 rings (SSSR count). The average Bonchev–Trinajstić information content (AvgIpc) is 3.12. The number of fused-ring (bicyclic) bond motifs is 4. The third-order valence-electron chi connectivity index (χ3n) is 4.73. The van der Waals surface area contributed by atoms with Crippen LogP contribution in [0.3, 0.4) is 0 Å². The number of hydrogen-bond acceptors (Lipinski definition) is 6. The van der Waals surface area contributed by atoms with Crippen LogP contribution in [0.2, 0.25) is 0 Å². The second-order valence-electron chi connectivity index (χ2n) is 6.36. The molecule has 1 N–H and O–H groups in total. The summed E-state index contributed by atoms with van der Waals surface area (Å²) in [6.07, 6.45) is 1.46. The van der Waals surface area contributed by atoms with Gasteiger partial charge in [0.15, 0.2) is 0 Å². The van der Waals surface area contributed by atoms with Crippen molar-refractivity contribution in [2.75, 3.05) is 12.4 Å². The maximum Gasteiger partial charge on any atom is 0.337 e. The first kappa shape index (κ1) is 16.3. The Morgan fingerprint density at radius 1 is 1.00 bits per heavy atom. The molecule has 0 aliphatic rings. The molecule has 136 valence electrons. The number of rotatable bonds is 3. The van der Waals surface area contributed by atoms with Crippen LogP contribution in [0.1, 0.15) is 10.4 Å². The number of esters is 1. The van der Waals surface area contributed by atoms with Gasteiger partial charge in [0.25, 0.3) is 0 Å². The molecule has 0 bridgehead atoms. The Kier molecular flexibility index (Phi) is 3.69. The lowest BCUT2D eigenvalue weighted by molar-refractivity contribution is 0.0601. The number of carbonyl (C=O) groups is 1. The van der Waals surface area contributed by atoms with Gasteiger partial charge in [-0.1, -0.05) is 36.4 Å². The number of aromatic nitrogens is 2. The van der Waals surface area contributed by atoms with Crippen molar-refractivity contribution >= 4 is 50.3 Å². The van der Waals surface area contributed by atoms with E-state index in [4.69, 9.17) is 9.15 Å². The van der Waals surface area contributed by atoms with Crippen LogP contribution in [0.5, 0.6) is 0 Å². The zero-order chi connectivity index (χ0) is 19.1. The van der Waals surface area contributed by atoms with E-state index in [1.54, 1.807) is 18.2 Å². The molecule has 6 nitrogen and oxygen atoms in total. The smallest absolute Gasteiger partial charge is 0.337 e. The van der Waals surface area contributed by atoms with Gasteiger partial charge in [-0.3, -0.25) is 0 Å². The minimum absolute atomic E-state index is 0.406. The molecule has 0 spiro atoms. The third-order valence-corrected chi connectivity index (χ3v) is 4.73. The van der Waals surface area contributed by atoms with Gasteiger partial charge in [0.1, 0.15) is 17.7 Å². The molecule has 2 aromatic heterocycles. The first-order valence-corrected chi connectivity index (χ1v) is 8.75. The van der Waals surface area contributed by atoms with Crippen LogP contribution in [0.15, 0.2) is 71.4 Å². The molecule has 6 heteroatoms. The van der Waals surface area contributed by atoms with Gasteiger partial charge in [0.05, 0.1) is 18.1 Å². The number of ether oxygens (including phenoxy) is 1.